The lowest BCUT2D eigenvalue weighted by atomic mass is 9.97. The highest BCUT2D eigenvalue weighted by molar-refractivity contribution is 7.22. The van der Waals surface area contributed by atoms with E-state index in [-0.39, 0.29) is 29.7 Å². The number of ether oxygens (including phenoxy) is 1. The lowest BCUT2D eigenvalue weighted by molar-refractivity contribution is -0.274. The Labute approximate surface area is 175 Å². The van der Waals surface area contributed by atoms with Gasteiger partial charge >= 0.3 is 6.36 Å². The van der Waals surface area contributed by atoms with Crippen LogP contribution < -0.4 is 15.0 Å². The topological polar surface area (TPSA) is 54.5 Å². The van der Waals surface area contributed by atoms with Crippen LogP contribution in [0.2, 0.25) is 0 Å². The molecular weight excluding hydrogens is 415 g/mol. The molecule has 3 aromatic rings. The fourth-order valence-corrected chi connectivity index (χ4v) is 4.56. The molecule has 30 heavy (non-hydrogen) atoms. The molecule has 1 aromatic heterocycles. The number of alkyl halides is 3. The number of aromatic nitrogens is 1. The molecule has 4 rings (SSSR count). The highest BCUT2D eigenvalue weighted by Crippen LogP contribution is 2.31. The summed E-state index contributed by atoms with van der Waals surface area (Å²) in [5, 5.41) is 3.65. The average molecular weight is 435 g/mol. The number of hydrogen-bond donors (Lipinski definition) is 1. The smallest absolute Gasteiger partial charge is 0.405 e. The summed E-state index contributed by atoms with van der Waals surface area (Å²) in [4.78, 5) is 19.5. The quantitative estimate of drug-likeness (QED) is 0.630. The maximum Gasteiger partial charge on any atom is 0.573 e. The summed E-state index contributed by atoms with van der Waals surface area (Å²) < 4.78 is 42.9. The highest BCUT2D eigenvalue weighted by atomic mass is 32.1. The molecule has 2 heterocycles. The van der Waals surface area contributed by atoms with Gasteiger partial charge < -0.3 is 15.0 Å². The van der Waals surface area contributed by atoms with Crippen molar-refractivity contribution in [2.45, 2.75) is 25.7 Å². The Morgan fingerprint density at radius 1 is 1.20 bits per heavy atom. The van der Waals surface area contributed by atoms with E-state index in [1.165, 1.54) is 18.2 Å². The minimum atomic E-state index is -4.78. The second kappa shape index (κ2) is 8.51. The van der Waals surface area contributed by atoms with Crippen molar-refractivity contribution in [3.8, 4) is 5.75 Å². The fourth-order valence-electron chi connectivity index (χ4n) is 3.56. The van der Waals surface area contributed by atoms with Crippen LogP contribution in [-0.4, -0.2) is 30.3 Å². The molecule has 9 heteroatoms. The van der Waals surface area contributed by atoms with Crippen LogP contribution in [0.15, 0.2) is 48.5 Å². The van der Waals surface area contributed by atoms with Crippen LogP contribution in [0, 0.1) is 5.92 Å². The number of thiazole rings is 1. The molecule has 0 spiro atoms. The predicted octanol–water partition coefficient (Wildman–Crippen LogP) is 4.73. The first-order chi connectivity index (χ1) is 14.4. The van der Waals surface area contributed by atoms with E-state index >= 15 is 0 Å². The van der Waals surface area contributed by atoms with Gasteiger partial charge in [-0.25, -0.2) is 4.98 Å². The monoisotopic (exact) mass is 435 g/mol. The molecule has 158 valence electrons. The Morgan fingerprint density at radius 3 is 2.77 bits per heavy atom. The maximum atomic E-state index is 12.7. The van der Waals surface area contributed by atoms with Crippen LogP contribution in [-0.2, 0) is 11.3 Å². The van der Waals surface area contributed by atoms with E-state index in [0.29, 0.717) is 6.54 Å². The van der Waals surface area contributed by atoms with Crippen LogP contribution in [0.3, 0.4) is 0 Å². The number of carbonyl (C=O) groups is 1. The van der Waals surface area contributed by atoms with Gasteiger partial charge in [0, 0.05) is 25.2 Å². The Hall–Kier alpha value is -2.81. The zero-order valence-electron chi connectivity index (χ0n) is 16.0. The summed E-state index contributed by atoms with van der Waals surface area (Å²) >= 11 is 1.60. The second-order valence-electron chi connectivity index (χ2n) is 7.12. The molecule has 0 aliphatic carbocycles. The van der Waals surface area contributed by atoms with Gasteiger partial charge in [0.1, 0.15) is 5.75 Å². The van der Waals surface area contributed by atoms with Crippen molar-refractivity contribution in [1.29, 1.82) is 0 Å². The number of piperidine rings is 1. The Kier molecular flexibility index (Phi) is 5.80. The maximum absolute atomic E-state index is 12.7. The summed E-state index contributed by atoms with van der Waals surface area (Å²) in [6.07, 6.45) is -3.20. The van der Waals surface area contributed by atoms with Gasteiger partial charge in [-0.1, -0.05) is 41.7 Å². The number of amides is 1. The minimum Gasteiger partial charge on any atom is -0.405 e. The van der Waals surface area contributed by atoms with E-state index < -0.39 is 6.36 Å². The lowest BCUT2D eigenvalue weighted by Crippen LogP contribution is -2.43. The Morgan fingerprint density at radius 2 is 1.97 bits per heavy atom. The zero-order chi connectivity index (χ0) is 21.1. The number of anilines is 1. The van der Waals surface area contributed by atoms with E-state index in [4.69, 9.17) is 0 Å². The molecule has 1 amide bonds. The summed E-state index contributed by atoms with van der Waals surface area (Å²) in [7, 11) is 0. The van der Waals surface area contributed by atoms with Gasteiger partial charge in [-0.15, -0.1) is 13.2 Å². The standard InChI is InChI=1S/C21H20F3N3O2S/c22-21(23,24)29-17-9-3-1-6-14(17)12-25-19(28)15-7-5-11-27(13-15)20-26-16-8-2-4-10-18(16)30-20/h1-4,6,8-10,15H,5,7,11-13H2,(H,25,28). The molecule has 1 saturated heterocycles. The summed E-state index contributed by atoms with van der Waals surface area (Å²) in [5.41, 5.74) is 1.22. The molecule has 2 aromatic carbocycles. The van der Waals surface area contributed by atoms with Crippen molar-refractivity contribution in [3.05, 3.63) is 54.1 Å². The van der Waals surface area contributed by atoms with Gasteiger partial charge in [-0.3, -0.25) is 4.79 Å². The molecule has 1 unspecified atom stereocenters. The zero-order valence-corrected chi connectivity index (χ0v) is 16.8. The van der Waals surface area contributed by atoms with Gasteiger partial charge in [0.2, 0.25) is 5.91 Å². The van der Waals surface area contributed by atoms with Crippen molar-refractivity contribution in [2.75, 3.05) is 18.0 Å². The van der Waals surface area contributed by atoms with E-state index in [0.717, 1.165) is 34.7 Å². The van der Waals surface area contributed by atoms with Crippen molar-refractivity contribution in [1.82, 2.24) is 10.3 Å². The number of nitrogens with zero attached hydrogens (tertiary/aromatic N) is 2. The van der Waals surface area contributed by atoms with Crippen LogP contribution in [0.5, 0.6) is 5.75 Å². The number of rotatable bonds is 5. The van der Waals surface area contributed by atoms with E-state index in [2.05, 4.69) is 19.9 Å². The number of para-hydroxylation sites is 2. The van der Waals surface area contributed by atoms with Crippen LogP contribution in [0.25, 0.3) is 10.2 Å². The number of hydrogen-bond acceptors (Lipinski definition) is 5. The summed E-state index contributed by atoms with van der Waals surface area (Å²) in [6, 6.07) is 13.7. The summed E-state index contributed by atoms with van der Waals surface area (Å²) in [5.74, 6) is -0.728. The Bertz CT molecular complexity index is 1000. The number of carbonyl (C=O) groups excluding carboxylic acids is 1. The average Bonchev–Trinajstić information content (AvgIpc) is 3.16. The van der Waals surface area contributed by atoms with Gasteiger partial charge in [0.05, 0.1) is 16.1 Å². The van der Waals surface area contributed by atoms with Crippen LogP contribution in [0.4, 0.5) is 18.3 Å². The molecule has 5 nitrogen and oxygen atoms in total. The third-order valence-electron chi connectivity index (χ3n) is 5.00. The van der Waals surface area contributed by atoms with Gasteiger partial charge in [0.25, 0.3) is 0 Å². The predicted molar refractivity (Wildman–Crippen MR) is 110 cm³/mol. The van der Waals surface area contributed by atoms with Crippen LogP contribution in [0.1, 0.15) is 18.4 Å². The first-order valence-corrected chi connectivity index (χ1v) is 10.4. The van der Waals surface area contributed by atoms with Crippen molar-refractivity contribution < 1.29 is 22.7 Å². The number of benzene rings is 2. The molecule has 0 bridgehead atoms. The van der Waals surface area contributed by atoms with Gasteiger partial charge in [-0.2, -0.15) is 0 Å². The van der Waals surface area contributed by atoms with Gasteiger partial charge in [-0.05, 0) is 31.0 Å². The van der Waals surface area contributed by atoms with Crippen molar-refractivity contribution in [3.63, 3.8) is 0 Å². The SMILES string of the molecule is O=C(NCc1ccccc1OC(F)(F)F)C1CCCN(c2nc3ccccc3s2)C1. The first kappa shape index (κ1) is 20.5. The fraction of sp³-hybridized carbons (Fsp3) is 0.333. The molecule has 1 fully saturated rings. The van der Waals surface area contributed by atoms with Crippen molar-refractivity contribution >= 4 is 32.6 Å². The molecule has 1 aliphatic heterocycles. The third-order valence-corrected chi connectivity index (χ3v) is 6.09. The third kappa shape index (κ3) is 4.84. The Balaban J connectivity index is 1.39. The molecule has 1 N–H and O–H groups in total. The van der Waals surface area contributed by atoms with Crippen LogP contribution >= 0.6 is 11.3 Å². The molecule has 0 saturated carbocycles. The molecule has 1 aliphatic rings. The highest BCUT2D eigenvalue weighted by Gasteiger charge is 2.32. The normalized spacial score (nSPS) is 17.2. The molecular formula is C21H20F3N3O2S. The van der Waals surface area contributed by atoms with Gasteiger partial charge in [0.15, 0.2) is 5.13 Å². The number of nitrogens with one attached hydrogen (secondary N) is 1. The number of halogens is 3. The summed E-state index contributed by atoms with van der Waals surface area (Å²) in [6.45, 7) is 1.33. The second-order valence-corrected chi connectivity index (χ2v) is 8.13. The largest absolute Gasteiger partial charge is 0.573 e. The van der Waals surface area contributed by atoms with E-state index in [9.17, 15) is 18.0 Å². The molecule has 1 atom stereocenters. The number of fused-ring (bicyclic) bond motifs is 1. The van der Waals surface area contributed by atoms with E-state index in [1.807, 2.05) is 24.3 Å². The minimum absolute atomic E-state index is 0.0251. The molecule has 0 radical (unpaired) electrons. The first-order valence-electron chi connectivity index (χ1n) is 9.61. The van der Waals surface area contributed by atoms with Crippen molar-refractivity contribution in [2.24, 2.45) is 5.92 Å². The lowest BCUT2D eigenvalue weighted by Gasteiger charge is -2.31. The van der Waals surface area contributed by atoms with E-state index in [1.54, 1.807) is 17.4 Å².